The number of hydrogen-bond acceptors (Lipinski definition) is 5. The van der Waals surface area contributed by atoms with Crippen molar-refractivity contribution in [1.82, 2.24) is 5.16 Å². The first-order valence-corrected chi connectivity index (χ1v) is 5.96. The molecular formula is C12H18N2O4. The molecule has 0 saturated carbocycles. The maximum absolute atomic E-state index is 11.2. The van der Waals surface area contributed by atoms with Gasteiger partial charge in [0.05, 0.1) is 12.3 Å². The molecule has 0 aliphatic heterocycles. The van der Waals surface area contributed by atoms with Gasteiger partial charge in [-0.15, -0.1) is 0 Å². The third-order valence-corrected chi connectivity index (χ3v) is 2.53. The molecule has 0 radical (unpaired) electrons. The van der Waals surface area contributed by atoms with Gasteiger partial charge in [-0.3, -0.25) is 9.59 Å². The van der Waals surface area contributed by atoms with Gasteiger partial charge in [0, 0.05) is 6.42 Å². The second-order valence-electron chi connectivity index (χ2n) is 3.94. The molecule has 6 heteroatoms. The molecule has 2 N–H and O–H groups in total. The number of aromatic nitrogens is 1. The molecular weight excluding hydrogens is 236 g/mol. The Morgan fingerprint density at radius 1 is 1.39 bits per heavy atom. The molecule has 1 aromatic heterocycles. The lowest BCUT2D eigenvalue weighted by Gasteiger charge is -2.01. The molecule has 1 aromatic rings. The van der Waals surface area contributed by atoms with Crippen LogP contribution in [0, 0.1) is 6.92 Å². The normalized spacial score (nSPS) is 10.3. The summed E-state index contributed by atoms with van der Waals surface area (Å²) in [6.07, 6.45) is 2.35. The fraction of sp³-hybridized carbons (Fsp3) is 0.583. The minimum absolute atomic E-state index is 0.205. The Morgan fingerprint density at radius 3 is 2.72 bits per heavy atom. The first kappa shape index (κ1) is 14.2. The number of nitrogens with two attached hydrogens (primary N) is 1. The summed E-state index contributed by atoms with van der Waals surface area (Å²) >= 11 is 0. The predicted molar refractivity (Wildman–Crippen MR) is 63.9 cm³/mol. The van der Waals surface area contributed by atoms with Crippen molar-refractivity contribution in [2.24, 2.45) is 5.73 Å². The van der Waals surface area contributed by atoms with E-state index in [1.165, 1.54) is 0 Å². The summed E-state index contributed by atoms with van der Waals surface area (Å²) in [5.74, 6) is -0.305. The number of rotatable bonds is 7. The lowest BCUT2D eigenvalue weighted by atomic mass is 10.1. The second-order valence-corrected chi connectivity index (χ2v) is 3.94. The molecule has 0 spiro atoms. The van der Waals surface area contributed by atoms with E-state index < -0.39 is 5.91 Å². The maximum atomic E-state index is 11.2. The van der Waals surface area contributed by atoms with E-state index in [9.17, 15) is 9.59 Å². The summed E-state index contributed by atoms with van der Waals surface area (Å²) in [6, 6.07) is 0. The highest BCUT2D eigenvalue weighted by Gasteiger charge is 2.17. The Labute approximate surface area is 105 Å². The van der Waals surface area contributed by atoms with Crippen molar-refractivity contribution < 1.29 is 18.8 Å². The number of unbranched alkanes of at least 4 members (excludes halogenated alkanes) is 1. The summed E-state index contributed by atoms with van der Waals surface area (Å²) in [5.41, 5.74) is 6.15. The second kappa shape index (κ2) is 6.78. The van der Waals surface area contributed by atoms with E-state index in [4.69, 9.17) is 15.0 Å². The monoisotopic (exact) mass is 254 g/mol. The quantitative estimate of drug-likeness (QED) is 0.585. The van der Waals surface area contributed by atoms with E-state index in [2.05, 4.69) is 5.16 Å². The Morgan fingerprint density at radius 2 is 2.11 bits per heavy atom. The molecule has 0 saturated heterocycles. The number of aryl methyl sites for hydroxylation is 2. The highest BCUT2D eigenvalue weighted by Crippen LogP contribution is 2.15. The smallest absolute Gasteiger partial charge is 0.305 e. The molecule has 6 nitrogen and oxygen atoms in total. The molecule has 1 rings (SSSR count). The number of carbonyl (C=O) groups is 2. The van der Waals surface area contributed by atoms with Crippen molar-refractivity contribution in [2.45, 2.75) is 39.5 Å². The third kappa shape index (κ3) is 3.87. The summed E-state index contributed by atoms with van der Waals surface area (Å²) in [4.78, 5) is 22.3. The first-order chi connectivity index (χ1) is 8.56. The summed E-state index contributed by atoms with van der Waals surface area (Å²) < 4.78 is 9.74. The van der Waals surface area contributed by atoms with E-state index in [0.29, 0.717) is 42.9 Å². The highest BCUT2D eigenvalue weighted by molar-refractivity contribution is 5.94. The Hall–Kier alpha value is -1.85. The van der Waals surface area contributed by atoms with Crippen molar-refractivity contribution in [1.29, 1.82) is 0 Å². The minimum atomic E-state index is -0.533. The molecule has 1 amide bonds. The lowest BCUT2D eigenvalue weighted by Crippen LogP contribution is -2.14. The molecule has 0 aromatic carbocycles. The summed E-state index contributed by atoms with van der Waals surface area (Å²) in [6.45, 7) is 3.82. The van der Waals surface area contributed by atoms with Crippen molar-refractivity contribution in [3.63, 3.8) is 0 Å². The third-order valence-electron chi connectivity index (χ3n) is 2.53. The number of carbonyl (C=O) groups excluding carboxylic acids is 2. The average Bonchev–Trinajstić information content (AvgIpc) is 2.66. The van der Waals surface area contributed by atoms with Gasteiger partial charge in [-0.2, -0.15) is 0 Å². The van der Waals surface area contributed by atoms with Gasteiger partial charge in [0.1, 0.15) is 11.3 Å². The van der Waals surface area contributed by atoms with Crippen LogP contribution < -0.4 is 5.73 Å². The highest BCUT2D eigenvalue weighted by atomic mass is 16.5. The van der Waals surface area contributed by atoms with Crippen LogP contribution in [0.4, 0.5) is 0 Å². The zero-order valence-electron chi connectivity index (χ0n) is 10.7. The van der Waals surface area contributed by atoms with Gasteiger partial charge in [0.25, 0.3) is 5.91 Å². The molecule has 0 unspecified atom stereocenters. The Kier molecular flexibility index (Phi) is 5.35. The Bertz CT molecular complexity index is 426. The van der Waals surface area contributed by atoms with E-state index in [0.717, 1.165) is 6.42 Å². The van der Waals surface area contributed by atoms with Crippen molar-refractivity contribution >= 4 is 11.9 Å². The van der Waals surface area contributed by atoms with Crippen LogP contribution in [-0.4, -0.2) is 23.6 Å². The van der Waals surface area contributed by atoms with Crippen molar-refractivity contribution in [3.8, 4) is 0 Å². The van der Waals surface area contributed by atoms with E-state index in [-0.39, 0.29) is 5.97 Å². The van der Waals surface area contributed by atoms with Crippen molar-refractivity contribution in [3.05, 3.63) is 17.0 Å². The number of ether oxygens (including phenoxy) is 1. The van der Waals surface area contributed by atoms with Crippen LogP contribution in [0.2, 0.25) is 0 Å². The van der Waals surface area contributed by atoms with Crippen LogP contribution in [0.15, 0.2) is 4.52 Å². The Balaban J connectivity index is 2.40. The maximum Gasteiger partial charge on any atom is 0.305 e. The number of amides is 1. The van der Waals surface area contributed by atoms with Crippen LogP contribution in [0.5, 0.6) is 0 Å². The topological polar surface area (TPSA) is 95.4 Å². The van der Waals surface area contributed by atoms with E-state index in [1.807, 2.05) is 0 Å². The summed E-state index contributed by atoms with van der Waals surface area (Å²) in [5, 5.41) is 3.80. The fourth-order valence-electron chi connectivity index (χ4n) is 1.70. The molecule has 0 atom stereocenters. The van der Waals surface area contributed by atoms with Crippen LogP contribution in [0.1, 0.15) is 48.0 Å². The number of esters is 1. The number of hydrogen-bond donors (Lipinski definition) is 1. The number of primary amides is 1. The van der Waals surface area contributed by atoms with Gasteiger partial charge >= 0.3 is 5.97 Å². The SMILES string of the molecule is CCOC(=O)CCCCc1noc(C)c1C(N)=O. The van der Waals surface area contributed by atoms with Gasteiger partial charge in [0.15, 0.2) is 0 Å². The van der Waals surface area contributed by atoms with Crippen LogP contribution >= 0.6 is 0 Å². The van der Waals surface area contributed by atoms with Gasteiger partial charge < -0.3 is 15.0 Å². The number of nitrogens with zero attached hydrogens (tertiary/aromatic N) is 1. The zero-order chi connectivity index (χ0) is 13.5. The molecule has 0 aliphatic carbocycles. The molecule has 0 aliphatic rings. The van der Waals surface area contributed by atoms with Crippen molar-refractivity contribution in [2.75, 3.05) is 6.61 Å². The lowest BCUT2D eigenvalue weighted by molar-refractivity contribution is -0.143. The zero-order valence-corrected chi connectivity index (χ0v) is 10.7. The molecule has 100 valence electrons. The largest absolute Gasteiger partial charge is 0.466 e. The average molecular weight is 254 g/mol. The predicted octanol–water partition coefficient (Wildman–Crippen LogP) is 1.36. The van der Waals surface area contributed by atoms with Crippen LogP contribution in [0.25, 0.3) is 0 Å². The van der Waals surface area contributed by atoms with Crippen LogP contribution in [0.3, 0.4) is 0 Å². The van der Waals surface area contributed by atoms with Gasteiger partial charge in [0.2, 0.25) is 0 Å². The molecule has 18 heavy (non-hydrogen) atoms. The van der Waals surface area contributed by atoms with Gasteiger partial charge in [-0.05, 0) is 33.1 Å². The first-order valence-electron chi connectivity index (χ1n) is 5.96. The van der Waals surface area contributed by atoms with Gasteiger partial charge in [-0.1, -0.05) is 5.16 Å². The van der Waals surface area contributed by atoms with E-state index >= 15 is 0 Å². The summed E-state index contributed by atoms with van der Waals surface area (Å²) in [7, 11) is 0. The molecule has 0 fully saturated rings. The van der Waals surface area contributed by atoms with E-state index in [1.54, 1.807) is 13.8 Å². The minimum Gasteiger partial charge on any atom is -0.466 e. The molecule has 0 bridgehead atoms. The van der Waals surface area contributed by atoms with Gasteiger partial charge in [-0.25, -0.2) is 0 Å². The standard InChI is InChI=1S/C12H18N2O4/c1-3-17-10(15)7-5-4-6-9-11(12(13)16)8(2)18-14-9/h3-7H2,1-2H3,(H2,13,16). The van der Waals surface area contributed by atoms with Crippen LogP contribution in [-0.2, 0) is 16.0 Å². The fourth-order valence-corrected chi connectivity index (χ4v) is 1.70. The molecule has 1 heterocycles.